The lowest BCUT2D eigenvalue weighted by molar-refractivity contribution is 0.110. The summed E-state index contributed by atoms with van der Waals surface area (Å²) in [5.41, 5.74) is 0.930. The van der Waals surface area contributed by atoms with Gasteiger partial charge in [0.05, 0.1) is 13.2 Å². The third-order valence-electron chi connectivity index (χ3n) is 2.61. The number of aromatic hydroxyl groups is 1. The molecular formula is C13H21NO3. The molecular weight excluding hydrogens is 218 g/mol. The van der Waals surface area contributed by atoms with Gasteiger partial charge in [0.1, 0.15) is 5.75 Å². The van der Waals surface area contributed by atoms with Gasteiger partial charge >= 0.3 is 0 Å². The van der Waals surface area contributed by atoms with Crippen molar-refractivity contribution in [3.8, 4) is 5.75 Å². The van der Waals surface area contributed by atoms with Crippen molar-refractivity contribution in [1.82, 2.24) is 4.90 Å². The Kier molecular flexibility index (Phi) is 6.62. The molecule has 17 heavy (non-hydrogen) atoms. The average Bonchev–Trinajstić information content (AvgIpc) is 2.35. The van der Waals surface area contributed by atoms with Gasteiger partial charge < -0.3 is 14.6 Å². The number of methoxy groups -OCH3 is 2. The summed E-state index contributed by atoms with van der Waals surface area (Å²) in [6, 6.07) is 7.40. The number of para-hydroxylation sites is 1. The van der Waals surface area contributed by atoms with Gasteiger partial charge in [0.15, 0.2) is 0 Å². The number of phenols is 1. The van der Waals surface area contributed by atoms with Gasteiger partial charge in [0.25, 0.3) is 0 Å². The van der Waals surface area contributed by atoms with E-state index in [1.165, 1.54) is 0 Å². The maximum Gasteiger partial charge on any atom is 0.120 e. The van der Waals surface area contributed by atoms with Crippen molar-refractivity contribution >= 4 is 0 Å². The fraction of sp³-hybridized carbons (Fsp3) is 0.538. The van der Waals surface area contributed by atoms with E-state index in [0.717, 1.165) is 18.7 Å². The largest absolute Gasteiger partial charge is 0.508 e. The normalized spacial score (nSPS) is 11.0. The summed E-state index contributed by atoms with van der Waals surface area (Å²) in [5.74, 6) is 0.340. The highest BCUT2D eigenvalue weighted by atomic mass is 16.5. The van der Waals surface area contributed by atoms with E-state index in [1.807, 2.05) is 18.2 Å². The Hall–Kier alpha value is -1.10. The number of nitrogens with zero attached hydrogens (tertiary/aromatic N) is 1. The quantitative estimate of drug-likeness (QED) is 0.746. The molecule has 0 heterocycles. The van der Waals surface area contributed by atoms with Crippen LogP contribution in [-0.4, -0.2) is 50.5 Å². The van der Waals surface area contributed by atoms with E-state index in [-0.39, 0.29) is 0 Å². The summed E-state index contributed by atoms with van der Waals surface area (Å²) in [6.07, 6.45) is 0. The monoisotopic (exact) mass is 239 g/mol. The molecule has 1 aromatic rings. The summed E-state index contributed by atoms with van der Waals surface area (Å²) in [5, 5.41) is 9.72. The SMILES string of the molecule is COCCN(CCOC)Cc1ccccc1O. The summed E-state index contributed by atoms with van der Waals surface area (Å²) < 4.78 is 10.2. The molecule has 0 amide bonds. The molecule has 0 fully saturated rings. The lowest BCUT2D eigenvalue weighted by Crippen LogP contribution is -2.30. The molecule has 1 rings (SSSR count). The second-order valence-corrected chi connectivity index (χ2v) is 3.89. The minimum absolute atomic E-state index is 0.340. The topological polar surface area (TPSA) is 41.9 Å². The standard InChI is InChI=1S/C13H21NO3/c1-16-9-7-14(8-10-17-2)11-12-5-3-4-6-13(12)15/h3-6,15H,7-11H2,1-2H3. The van der Waals surface area contributed by atoms with Gasteiger partial charge in [0.2, 0.25) is 0 Å². The average molecular weight is 239 g/mol. The van der Waals surface area contributed by atoms with Crippen molar-refractivity contribution in [2.45, 2.75) is 6.54 Å². The van der Waals surface area contributed by atoms with Gasteiger partial charge in [-0.05, 0) is 6.07 Å². The fourth-order valence-corrected chi connectivity index (χ4v) is 1.60. The van der Waals surface area contributed by atoms with Crippen LogP contribution in [0, 0.1) is 0 Å². The molecule has 96 valence electrons. The zero-order valence-corrected chi connectivity index (χ0v) is 10.6. The zero-order valence-electron chi connectivity index (χ0n) is 10.6. The maximum absolute atomic E-state index is 9.72. The molecule has 0 saturated heterocycles. The lowest BCUT2D eigenvalue weighted by atomic mass is 10.2. The first kappa shape index (κ1) is 14.0. The molecule has 0 saturated carbocycles. The summed E-state index contributed by atoms with van der Waals surface area (Å²) in [6.45, 7) is 3.72. The van der Waals surface area contributed by atoms with Crippen molar-refractivity contribution in [3.05, 3.63) is 29.8 Å². The predicted octanol–water partition coefficient (Wildman–Crippen LogP) is 1.49. The minimum Gasteiger partial charge on any atom is -0.508 e. The molecule has 4 nitrogen and oxygen atoms in total. The molecule has 0 atom stereocenters. The van der Waals surface area contributed by atoms with Gasteiger partial charge in [-0.1, -0.05) is 18.2 Å². The van der Waals surface area contributed by atoms with Crippen LogP contribution in [0.5, 0.6) is 5.75 Å². The molecule has 0 bridgehead atoms. The Bertz CT molecular complexity index is 309. The first-order valence-electron chi connectivity index (χ1n) is 5.75. The molecule has 0 aliphatic rings. The molecule has 0 aliphatic carbocycles. The molecule has 1 aromatic carbocycles. The first-order valence-corrected chi connectivity index (χ1v) is 5.75. The highest BCUT2D eigenvalue weighted by molar-refractivity contribution is 5.31. The van der Waals surface area contributed by atoms with Crippen LogP contribution in [0.2, 0.25) is 0 Å². The van der Waals surface area contributed by atoms with Crippen LogP contribution in [0.15, 0.2) is 24.3 Å². The smallest absolute Gasteiger partial charge is 0.120 e. The Morgan fingerprint density at radius 1 is 1.06 bits per heavy atom. The third kappa shape index (κ3) is 5.17. The van der Waals surface area contributed by atoms with Gasteiger partial charge in [-0.3, -0.25) is 4.90 Å². The molecule has 0 radical (unpaired) electrons. The van der Waals surface area contributed by atoms with Crippen LogP contribution < -0.4 is 0 Å². The maximum atomic E-state index is 9.72. The number of rotatable bonds is 8. The Morgan fingerprint density at radius 3 is 2.18 bits per heavy atom. The van der Waals surface area contributed by atoms with Gasteiger partial charge in [0, 0.05) is 39.4 Å². The van der Waals surface area contributed by atoms with E-state index < -0.39 is 0 Å². The van der Waals surface area contributed by atoms with Crippen molar-refractivity contribution in [1.29, 1.82) is 0 Å². The summed E-state index contributed by atoms with van der Waals surface area (Å²) in [7, 11) is 3.38. The number of phenolic OH excluding ortho intramolecular Hbond substituents is 1. The van der Waals surface area contributed by atoms with Crippen molar-refractivity contribution < 1.29 is 14.6 Å². The van der Waals surface area contributed by atoms with Gasteiger partial charge in [-0.2, -0.15) is 0 Å². The minimum atomic E-state index is 0.340. The highest BCUT2D eigenvalue weighted by Gasteiger charge is 2.08. The van der Waals surface area contributed by atoms with Crippen LogP contribution in [0.25, 0.3) is 0 Å². The number of ether oxygens (including phenoxy) is 2. The Morgan fingerprint density at radius 2 is 1.65 bits per heavy atom. The molecule has 0 aliphatic heterocycles. The molecule has 0 spiro atoms. The zero-order chi connectivity index (χ0) is 12.5. The molecule has 0 aromatic heterocycles. The summed E-state index contributed by atoms with van der Waals surface area (Å²) in [4.78, 5) is 2.20. The fourth-order valence-electron chi connectivity index (χ4n) is 1.60. The first-order chi connectivity index (χ1) is 8.27. The Balaban J connectivity index is 2.55. The van der Waals surface area contributed by atoms with Crippen LogP contribution >= 0.6 is 0 Å². The number of hydrogen-bond acceptors (Lipinski definition) is 4. The lowest BCUT2D eigenvalue weighted by Gasteiger charge is -2.22. The van der Waals surface area contributed by atoms with Crippen LogP contribution in [0.1, 0.15) is 5.56 Å². The van der Waals surface area contributed by atoms with E-state index in [4.69, 9.17) is 9.47 Å². The number of hydrogen-bond donors (Lipinski definition) is 1. The van der Waals surface area contributed by atoms with E-state index in [9.17, 15) is 5.11 Å². The van der Waals surface area contributed by atoms with Crippen molar-refractivity contribution in [3.63, 3.8) is 0 Å². The number of benzene rings is 1. The third-order valence-corrected chi connectivity index (χ3v) is 2.61. The predicted molar refractivity (Wildman–Crippen MR) is 67.1 cm³/mol. The molecule has 4 heteroatoms. The van der Waals surface area contributed by atoms with Gasteiger partial charge in [-0.15, -0.1) is 0 Å². The van der Waals surface area contributed by atoms with E-state index >= 15 is 0 Å². The van der Waals surface area contributed by atoms with E-state index in [1.54, 1.807) is 20.3 Å². The highest BCUT2D eigenvalue weighted by Crippen LogP contribution is 2.17. The Labute approximate surface area is 103 Å². The summed E-state index contributed by atoms with van der Waals surface area (Å²) >= 11 is 0. The van der Waals surface area contributed by atoms with Crippen molar-refractivity contribution in [2.24, 2.45) is 0 Å². The van der Waals surface area contributed by atoms with E-state index in [2.05, 4.69) is 4.90 Å². The van der Waals surface area contributed by atoms with Crippen LogP contribution in [0.3, 0.4) is 0 Å². The van der Waals surface area contributed by atoms with E-state index in [0.29, 0.717) is 25.5 Å². The second-order valence-electron chi connectivity index (χ2n) is 3.89. The van der Waals surface area contributed by atoms with Crippen LogP contribution in [-0.2, 0) is 16.0 Å². The molecule has 1 N–H and O–H groups in total. The van der Waals surface area contributed by atoms with Gasteiger partial charge in [-0.25, -0.2) is 0 Å². The van der Waals surface area contributed by atoms with Crippen molar-refractivity contribution in [2.75, 3.05) is 40.5 Å². The molecule has 0 unspecified atom stereocenters. The second kappa shape index (κ2) is 8.06. The van der Waals surface area contributed by atoms with Crippen LogP contribution in [0.4, 0.5) is 0 Å².